The average Bonchev–Trinajstić information content (AvgIpc) is 2.80. The molecule has 0 aliphatic heterocycles. The molecule has 1 N–H and O–H groups in total. The average molecular weight is 372 g/mol. The monoisotopic (exact) mass is 371 g/mol. The lowest BCUT2D eigenvalue weighted by molar-refractivity contribution is 0.0595. The zero-order valence-electron chi connectivity index (χ0n) is 11.2. The topological polar surface area (TPSA) is 55.4 Å². The summed E-state index contributed by atoms with van der Waals surface area (Å²) in [4.78, 5) is 24.0. The van der Waals surface area contributed by atoms with E-state index in [0.717, 1.165) is 15.4 Å². The zero-order chi connectivity index (χ0) is 15.6. The van der Waals surface area contributed by atoms with Gasteiger partial charge in [-0.3, -0.25) is 4.79 Å². The lowest BCUT2D eigenvalue weighted by atomic mass is 10.2. The van der Waals surface area contributed by atoms with E-state index >= 15 is 0 Å². The Kier molecular flexibility index (Phi) is 4.74. The van der Waals surface area contributed by atoms with Gasteiger partial charge in [-0.1, -0.05) is 0 Å². The van der Waals surface area contributed by atoms with Crippen LogP contribution in [0.1, 0.15) is 25.6 Å². The van der Waals surface area contributed by atoms with Gasteiger partial charge in [0.25, 0.3) is 5.91 Å². The van der Waals surface area contributed by atoms with Gasteiger partial charge in [-0.15, -0.1) is 11.3 Å². The number of methoxy groups -OCH3 is 1. The van der Waals surface area contributed by atoms with E-state index in [-0.39, 0.29) is 11.5 Å². The lowest BCUT2D eigenvalue weighted by Gasteiger charge is -2.06. The maximum atomic E-state index is 13.5. The normalized spacial score (nSPS) is 10.3. The molecule has 0 bridgehead atoms. The van der Waals surface area contributed by atoms with Crippen molar-refractivity contribution < 1.29 is 18.7 Å². The number of rotatable bonds is 3. The van der Waals surface area contributed by atoms with Gasteiger partial charge < -0.3 is 10.1 Å². The summed E-state index contributed by atoms with van der Waals surface area (Å²) in [6.45, 7) is 1.88. The summed E-state index contributed by atoms with van der Waals surface area (Å²) in [7, 11) is 1.17. The van der Waals surface area contributed by atoms with Crippen LogP contribution in [-0.2, 0) is 4.74 Å². The van der Waals surface area contributed by atoms with Gasteiger partial charge in [0.1, 0.15) is 5.82 Å². The second kappa shape index (κ2) is 6.36. The molecule has 0 spiro atoms. The van der Waals surface area contributed by atoms with Crippen molar-refractivity contribution in [2.75, 3.05) is 12.4 Å². The van der Waals surface area contributed by atoms with Crippen molar-refractivity contribution in [3.8, 4) is 0 Å². The number of carbonyl (C=O) groups is 2. The summed E-state index contributed by atoms with van der Waals surface area (Å²) in [6.07, 6.45) is 0. The van der Waals surface area contributed by atoms with E-state index in [1.807, 2.05) is 6.92 Å². The summed E-state index contributed by atoms with van der Waals surface area (Å²) in [5.74, 6) is -1.82. The van der Waals surface area contributed by atoms with E-state index < -0.39 is 11.8 Å². The fraction of sp³-hybridized carbons (Fsp3) is 0.143. The predicted octanol–water partition coefficient (Wildman–Crippen LogP) is 4.00. The molecule has 2 aromatic rings. The minimum atomic E-state index is -0.793. The van der Waals surface area contributed by atoms with Gasteiger partial charge in [0.2, 0.25) is 0 Å². The van der Waals surface area contributed by atoms with E-state index in [1.54, 1.807) is 6.07 Å². The summed E-state index contributed by atoms with van der Waals surface area (Å²) in [5.41, 5.74) is 1.06. The molecular weight excluding hydrogens is 361 g/mol. The summed E-state index contributed by atoms with van der Waals surface area (Å²) < 4.78 is 18.9. The van der Waals surface area contributed by atoms with E-state index in [1.165, 1.54) is 30.6 Å². The Bertz CT molecular complexity index is 695. The summed E-state index contributed by atoms with van der Waals surface area (Å²) in [6, 6.07) is 5.48. The third kappa shape index (κ3) is 3.48. The van der Waals surface area contributed by atoms with Crippen LogP contribution in [0, 0.1) is 12.7 Å². The molecular formula is C14H11BrFNO3S. The number of carbonyl (C=O) groups excluding carboxylic acids is 2. The number of thiophene rings is 1. The second-order valence-electron chi connectivity index (χ2n) is 4.21. The van der Waals surface area contributed by atoms with Gasteiger partial charge in [-0.05, 0) is 52.7 Å². The number of ether oxygens (including phenoxy) is 1. The number of esters is 1. The number of nitrogens with one attached hydrogen (secondary N) is 1. The Morgan fingerprint density at radius 1 is 1.33 bits per heavy atom. The van der Waals surface area contributed by atoms with Crippen LogP contribution in [0.25, 0.3) is 0 Å². The van der Waals surface area contributed by atoms with Gasteiger partial charge in [-0.25, -0.2) is 9.18 Å². The number of anilines is 1. The molecule has 110 valence electrons. The predicted molar refractivity (Wildman–Crippen MR) is 82.4 cm³/mol. The van der Waals surface area contributed by atoms with Crippen LogP contribution in [0.5, 0.6) is 0 Å². The maximum absolute atomic E-state index is 13.5. The number of amides is 1. The molecule has 4 nitrogen and oxygen atoms in total. The highest BCUT2D eigenvalue weighted by Gasteiger charge is 2.15. The first-order chi connectivity index (χ1) is 9.92. The molecule has 0 unspecified atom stereocenters. The van der Waals surface area contributed by atoms with Crippen LogP contribution in [0.15, 0.2) is 28.1 Å². The number of hydrogen-bond acceptors (Lipinski definition) is 4. The largest absolute Gasteiger partial charge is 0.465 e. The van der Waals surface area contributed by atoms with E-state index in [4.69, 9.17) is 0 Å². The van der Waals surface area contributed by atoms with Crippen LogP contribution in [0.3, 0.4) is 0 Å². The number of aryl methyl sites for hydroxylation is 1. The highest BCUT2D eigenvalue weighted by Crippen LogP contribution is 2.28. The Morgan fingerprint density at radius 2 is 2.05 bits per heavy atom. The van der Waals surface area contributed by atoms with Crippen LogP contribution < -0.4 is 5.32 Å². The van der Waals surface area contributed by atoms with Gasteiger partial charge in [-0.2, -0.15) is 0 Å². The van der Waals surface area contributed by atoms with Crippen LogP contribution in [0.2, 0.25) is 0 Å². The summed E-state index contributed by atoms with van der Waals surface area (Å²) in [5, 5.41) is 2.62. The number of hydrogen-bond donors (Lipinski definition) is 1. The summed E-state index contributed by atoms with van der Waals surface area (Å²) >= 11 is 4.65. The first-order valence-electron chi connectivity index (χ1n) is 5.87. The lowest BCUT2D eigenvalue weighted by Crippen LogP contribution is -2.12. The van der Waals surface area contributed by atoms with Crippen molar-refractivity contribution in [1.29, 1.82) is 0 Å². The Hall–Kier alpha value is -1.73. The quantitative estimate of drug-likeness (QED) is 0.829. The third-order valence-electron chi connectivity index (χ3n) is 2.71. The van der Waals surface area contributed by atoms with E-state index in [0.29, 0.717) is 10.6 Å². The molecule has 1 aromatic heterocycles. The smallest absolute Gasteiger partial charge is 0.340 e. The SMILES string of the molecule is COC(=O)c1cc(NC(=O)c2cc(C)c(Br)s2)ccc1F. The van der Waals surface area contributed by atoms with Gasteiger partial charge in [0, 0.05) is 5.69 Å². The van der Waals surface area contributed by atoms with E-state index in [2.05, 4.69) is 26.0 Å². The molecule has 2 rings (SSSR count). The van der Waals surface area contributed by atoms with Gasteiger partial charge in [0.05, 0.1) is 21.3 Å². The van der Waals surface area contributed by atoms with Gasteiger partial charge >= 0.3 is 5.97 Å². The van der Waals surface area contributed by atoms with Crippen molar-refractivity contribution in [1.82, 2.24) is 0 Å². The maximum Gasteiger partial charge on any atom is 0.340 e. The standard InChI is InChI=1S/C14H11BrFNO3S/c1-7-5-11(21-12(7)15)13(18)17-8-3-4-10(16)9(6-8)14(19)20-2/h3-6H,1-2H3,(H,17,18). The van der Waals surface area contributed by atoms with Crippen LogP contribution >= 0.6 is 27.3 Å². The molecule has 0 saturated carbocycles. The second-order valence-corrected chi connectivity index (χ2v) is 6.58. The van der Waals surface area contributed by atoms with Crippen molar-refractivity contribution in [2.24, 2.45) is 0 Å². The fourth-order valence-corrected chi connectivity index (χ4v) is 3.06. The molecule has 0 saturated heterocycles. The molecule has 0 fully saturated rings. The highest BCUT2D eigenvalue weighted by molar-refractivity contribution is 9.11. The van der Waals surface area contributed by atoms with Crippen molar-refractivity contribution in [3.63, 3.8) is 0 Å². The Labute approximate surface area is 133 Å². The molecule has 0 aliphatic carbocycles. The van der Waals surface area contributed by atoms with Crippen molar-refractivity contribution in [3.05, 3.63) is 49.9 Å². The van der Waals surface area contributed by atoms with Crippen molar-refractivity contribution >= 4 is 44.8 Å². The number of benzene rings is 1. The molecule has 21 heavy (non-hydrogen) atoms. The first kappa shape index (κ1) is 15.7. The fourth-order valence-electron chi connectivity index (χ4n) is 1.63. The third-order valence-corrected chi connectivity index (χ3v) is 4.85. The molecule has 0 aliphatic rings. The minimum Gasteiger partial charge on any atom is -0.465 e. The van der Waals surface area contributed by atoms with Crippen LogP contribution in [-0.4, -0.2) is 19.0 Å². The zero-order valence-corrected chi connectivity index (χ0v) is 13.6. The van der Waals surface area contributed by atoms with Gasteiger partial charge in [0.15, 0.2) is 0 Å². The first-order valence-corrected chi connectivity index (χ1v) is 7.48. The highest BCUT2D eigenvalue weighted by atomic mass is 79.9. The molecule has 1 aromatic carbocycles. The number of halogens is 2. The van der Waals surface area contributed by atoms with Crippen molar-refractivity contribution in [2.45, 2.75) is 6.92 Å². The van der Waals surface area contributed by atoms with E-state index in [9.17, 15) is 14.0 Å². The Morgan fingerprint density at radius 3 is 2.62 bits per heavy atom. The van der Waals surface area contributed by atoms with Crippen LogP contribution in [0.4, 0.5) is 10.1 Å². The molecule has 1 amide bonds. The molecule has 7 heteroatoms. The Balaban J connectivity index is 2.23. The molecule has 0 atom stereocenters. The minimum absolute atomic E-state index is 0.223. The molecule has 0 radical (unpaired) electrons. The molecule has 1 heterocycles.